The maximum atomic E-state index is 12.1. The molecule has 1 atom stereocenters. The van der Waals surface area contributed by atoms with Gasteiger partial charge in [0.1, 0.15) is 6.33 Å². The minimum Gasteiger partial charge on any atom is -0.394 e. The summed E-state index contributed by atoms with van der Waals surface area (Å²) in [5, 5.41) is 13.2. The van der Waals surface area contributed by atoms with E-state index in [1.165, 1.54) is 6.33 Å². The maximum absolute atomic E-state index is 12.1. The van der Waals surface area contributed by atoms with Crippen LogP contribution < -0.4 is 0 Å². The quantitative estimate of drug-likeness (QED) is 0.868. The molecular weight excluding hydrogens is 270 g/mol. The summed E-state index contributed by atoms with van der Waals surface area (Å²) < 4.78 is 1.69. The SMILES string of the molecule is Cc1nc2ncnn2c(C)c1CCC(=O)N(C)C(C)CO. The second-order valence-electron chi connectivity index (χ2n) is 5.27. The van der Waals surface area contributed by atoms with Gasteiger partial charge in [-0.2, -0.15) is 10.1 Å². The lowest BCUT2D eigenvalue weighted by molar-refractivity contribution is -0.132. The highest BCUT2D eigenvalue weighted by molar-refractivity contribution is 5.76. The number of likely N-dealkylation sites (N-methyl/N-ethyl adjacent to an activating group) is 1. The summed E-state index contributed by atoms with van der Waals surface area (Å²) in [4.78, 5) is 22.2. The molecule has 0 saturated heterocycles. The second kappa shape index (κ2) is 6.17. The molecule has 0 bridgehead atoms. The Kier molecular flexibility index (Phi) is 4.52. The van der Waals surface area contributed by atoms with Crippen LogP contribution in [0.3, 0.4) is 0 Å². The van der Waals surface area contributed by atoms with E-state index >= 15 is 0 Å². The first-order valence-corrected chi connectivity index (χ1v) is 6.98. The predicted molar refractivity (Wildman–Crippen MR) is 77.9 cm³/mol. The van der Waals surface area contributed by atoms with Gasteiger partial charge in [-0.25, -0.2) is 9.50 Å². The molecule has 0 aliphatic rings. The first kappa shape index (κ1) is 15.4. The number of carbonyl (C=O) groups is 1. The van der Waals surface area contributed by atoms with Gasteiger partial charge in [-0.3, -0.25) is 4.79 Å². The average Bonchev–Trinajstić information content (AvgIpc) is 2.93. The molecule has 1 amide bonds. The standard InChI is InChI=1S/C14H21N5O2/c1-9(7-20)18(4)13(21)6-5-12-10(2)17-14-15-8-16-19(14)11(12)3/h8-9,20H,5-7H2,1-4H3. The summed E-state index contributed by atoms with van der Waals surface area (Å²) in [5.74, 6) is 0.583. The molecule has 1 unspecified atom stereocenters. The lowest BCUT2D eigenvalue weighted by Crippen LogP contribution is -2.37. The Balaban J connectivity index is 2.15. The molecule has 2 aromatic rings. The van der Waals surface area contributed by atoms with Crippen molar-refractivity contribution < 1.29 is 9.90 Å². The van der Waals surface area contributed by atoms with Crippen LogP contribution in [-0.4, -0.2) is 55.2 Å². The molecule has 2 rings (SSSR count). The maximum Gasteiger partial charge on any atom is 0.252 e. The Morgan fingerprint density at radius 2 is 2.19 bits per heavy atom. The summed E-state index contributed by atoms with van der Waals surface area (Å²) in [6.45, 7) is 5.65. The molecular formula is C14H21N5O2. The van der Waals surface area contributed by atoms with E-state index in [4.69, 9.17) is 5.11 Å². The van der Waals surface area contributed by atoms with Gasteiger partial charge in [0.2, 0.25) is 5.91 Å². The smallest absolute Gasteiger partial charge is 0.252 e. The number of hydrogen-bond donors (Lipinski definition) is 1. The molecule has 0 aromatic carbocycles. The minimum atomic E-state index is -0.171. The summed E-state index contributed by atoms with van der Waals surface area (Å²) >= 11 is 0. The number of aliphatic hydroxyl groups excluding tert-OH is 1. The number of aromatic nitrogens is 4. The third-order valence-corrected chi connectivity index (χ3v) is 3.90. The highest BCUT2D eigenvalue weighted by atomic mass is 16.3. The van der Waals surface area contributed by atoms with E-state index in [1.807, 2.05) is 20.8 Å². The molecule has 1 N–H and O–H groups in total. The summed E-state index contributed by atoms with van der Waals surface area (Å²) in [6.07, 6.45) is 2.45. The van der Waals surface area contributed by atoms with E-state index in [1.54, 1.807) is 16.5 Å². The number of rotatable bonds is 5. The van der Waals surface area contributed by atoms with Gasteiger partial charge >= 0.3 is 0 Å². The lowest BCUT2D eigenvalue weighted by Gasteiger charge is -2.23. The zero-order valence-corrected chi connectivity index (χ0v) is 12.9. The van der Waals surface area contributed by atoms with Crippen molar-refractivity contribution in [1.82, 2.24) is 24.5 Å². The van der Waals surface area contributed by atoms with E-state index in [0.717, 1.165) is 17.0 Å². The van der Waals surface area contributed by atoms with Gasteiger partial charge in [0.25, 0.3) is 5.78 Å². The molecule has 0 radical (unpaired) electrons. The zero-order chi connectivity index (χ0) is 15.6. The number of amides is 1. The van der Waals surface area contributed by atoms with Crippen molar-refractivity contribution in [2.24, 2.45) is 0 Å². The van der Waals surface area contributed by atoms with Crippen LogP contribution in [0.15, 0.2) is 6.33 Å². The minimum absolute atomic E-state index is 0.00837. The largest absolute Gasteiger partial charge is 0.394 e. The van der Waals surface area contributed by atoms with E-state index in [-0.39, 0.29) is 18.6 Å². The number of fused-ring (bicyclic) bond motifs is 1. The van der Waals surface area contributed by atoms with Crippen molar-refractivity contribution in [2.75, 3.05) is 13.7 Å². The number of carbonyl (C=O) groups excluding carboxylic acids is 1. The van der Waals surface area contributed by atoms with Gasteiger partial charge in [-0.1, -0.05) is 0 Å². The van der Waals surface area contributed by atoms with Crippen LogP contribution in [0.2, 0.25) is 0 Å². The molecule has 0 aliphatic heterocycles. The van der Waals surface area contributed by atoms with Crippen molar-refractivity contribution in [3.63, 3.8) is 0 Å². The molecule has 21 heavy (non-hydrogen) atoms. The van der Waals surface area contributed by atoms with E-state index < -0.39 is 0 Å². The fourth-order valence-corrected chi connectivity index (χ4v) is 2.29. The first-order chi connectivity index (χ1) is 9.95. The van der Waals surface area contributed by atoms with Crippen LogP contribution in [-0.2, 0) is 11.2 Å². The van der Waals surface area contributed by atoms with Crippen LogP contribution in [0.4, 0.5) is 0 Å². The topological polar surface area (TPSA) is 83.6 Å². The van der Waals surface area contributed by atoms with Gasteiger partial charge in [0, 0.05) is 24.9 Å². The Morgan fingerprint density at radius 1 is 1.48 bits per heavy atom. The summed E-state index contributed by atoms with van der Waals surface area (Å²) in [7, 11) is 1.71. The van der Waals surface area contributed by atoms with Gasteiger partial charge in [0.05, 0.1) is 12.6 Å². The van der Waals surface area contributed by atoms with E-state index in [9.17, 15) is 4.79 Å². The second-order valence-corrected chi connectivity index (χ2v) is 5.27. The molecule has 2 aromatic heterocycles. The number of hydrogen-bond acceptors (Lipinski definition) is 5. The molecule has 0 fully saturated rings. The van der Waals surface area contributed by atoms with Crippen molar-refractivity contribution in [3.8, 4) is 0 Å². The highest BCUT2D eigenvalue weighted by Gasteiger charge is 2.17. The molecule has 0 saturated carbocycles. The molecule has 2 heterocycles. The monoisotopic (exact) mass is 291 g/mol. The molecule has 0 spiro atoms. The molecule has 0 aliphatic carbocycles. The summed E-state index contributed by atoms with van der Waals surface area (Å²) in [5.41, 5.74) is 2.85. The summed E-state index contributed by atoms with van der Waals surface area (Å²) in [6, 6.07) is -0.171. The molecule has 7 heteroatoms. The first-order valence-electron chi connectivity index (χ1n) is 6.98. The Hall–Kier alpha value is -2.02. The molecule has 7 nitrogen and oxygen atoms in total. The third kappa shape index (κ3) is 3.02. The average molecular weight is 291 g/mol. The van der Waals surface area contributed by atoms with E-state index in [2.05, 4.69) is 15.1 Å². The fourth-order valence-electron chi connectivity index (χ4n) is 2.29. The van der Waals surface area contributed by atoms with Crippen molar-refractivity contribution in [2.45, 2.75) is 39.7 Å². The van der Waals surface area contributed by atoms with Crippen molar-refractivity contribution in [1.29, 1.82) is 0 Å². The Morgan fingerprint density at radius 3 is 2.86 bits per heavy atom. The Bertz CT molecular complexity index is 652. The van der Waals surface area contributed by atoms with Crippen LogP contribution >= 0.6 is 0 Å². The van der Waals surface area contributed by atoms with Crippen LogP contribution in [0.25, 0.3) is 5.78 Å². The van der Waals surface area contributed by atoms with Crippen LogP contribution in [0, 0.1) is 13.8 Å². The van der Waals surface area contributed by atoms with Crippen molar-refractivity contribution >= 4 is 11.7 Å². The number of aryl methyl sites for hydroxylation is 2. The number of aliphatic hydroxyl groups is 1. The predicted octanol–water partition coefficient (Wildman–Crippen LogP) is 0.513. The van der Waals surface area contributed by atoms with Crippen LogP contribution in [0.1, 0.15) is 30.3 Å². The van der Waals surface area contributed by atoms with Crippen molar-refractivity contribution in [3.05, 3.63) is 23.3 Å². The fraction of sp³-hybridized carbons (Fsp3) is 0.571. The van der Waals surface area contributed by atoms with Gasteiger partial charge < -0.3 is 10.0 Å². The van der Waals surface area contributed by atoms with E-state index in [0.29, 0.717) is 18.6 Å². The Labute approximate surface area is 123 Å². The van der Waals surface area contributed by atoms with Crippen LogP contribution in [0.5, 0.6) is 0 Å². The third-order valence-electron chi connectivity index (χ3n) is 3.90. The number of nitrogens with zero attached hydrogens (tertiary/aromatic N) is 5. The van der Waals surface area contributed by atoms with Gasteiger partial charge in [0.15, 0.2) is 0 Å². The highest BCUT2D eigenvalue weighted by Crippen LogP contribution is 2.15. The lowest BCUT2D eigenvalue weighted by atomic mass is 10.1. The molecule has 114 valence electrons. The zero-order valence-electron chi connectivity index (χ0n) is 12.9. The normalized spacial score (nSPS) is 12.6. The van der Waals surface area contributed by atoms with Gasteiger partial charge in [-0.05, 0) is 32.8 Å². The van der Waals surface area contributed by atoms with Gasteiger partial charge in [-0.15, -0.1) is 0 Å².